The van der Waals surface area contributed by atoms with Gasteiger partial charge in [-0.05, 0) is 69.0 Å². The first-order valence-corrected chi connectivity index (χ1v) is 8.01. The summed E-state index contributed by atoms with van der Waals surface area (Å²) in [6, 6.07) is 7.04. The highest BCUT2D eigenvalue weighted by Gasteiger charge is 2.15. The summed E-state index contributed by atoms with van der Waals surface area (Å²) in [6.45, 7) is 6.70. The summed E-state index contributed by atoms with van der Waals surface area (Å²) in [5, 5.41) is 2.97. The highest BCUT2D eigenvalue weighted by molar-refractivity contribution is 5.94. The number of hydrogen-bond donors (Lipinski definition) is 2. The van der Waals surface area contributed by atoms with Crippen LogP contribution in [0.15, 0.2) is 24.3 Å². The van der Waals surface area contributed by atoms with Gasteiger partial charge in [-0.15, -0.1) is 12.4 Å². The van der Waals surface area contributed by atoms with Crippen molar-refractivity contribution in [3.8, 4) is 0 Å². The molecule has 0 spiro atoms. The Morgan fingerprint density at radius 3 is 2.73 bits per heavy atom. The van der Waals surface area contributed by atoms with Crippen LogP contribution in [-0.2, 0) is 0 Å². The molecule has 1 aromatic rings. The Morgan fingerprint density at radius 1 is 1.32 bits per heavy atom. The molecule has 1 aromatic carbocycles. The van der Waals surface area contributed by atoms with Gasteiger partial charge in [0, 0.05) is 24.3 Å². The van der Waals surface area contributed by atoms with Gasteiger partial charge in [-0.25, -0.2) is 0 Å². The second kappa shape index (κ2) is 9.70. The number of halogens is 1. The summed E-state index contributed by atoms with van der Waals surface area (Å²) in [7, 11) is 0. The molecule has 22 heavy (non-hydrogen) atoms. The van der Waals surface area contributed by atoms with Gasteiger partial charge in [0.25, 0.3) is 5.91 Å². The van der Waals surface area contributed by atoms with Crippen LogP contribution in [0.2, 0.25) is 0 Å². The first-order chi connectivity index (χ1) is 10.1. The number of unbranched alkanes of at least 4 members (excludes halogenated alkanes) is 1. The van der Waals surface area contributed by atoms with Crippen molar-refractivity contribution in [3.05, 3.63) is 29.8 Å². The van der Waals surface area contributed by atoms with Crippen LogP contribution in [0.1, 0.15) is 43.0 Å². The number of nitrogen functional groups attached to an aromatic ring is 1. The fourth-order valence-electron chi connectivity index (χ4n) is 2.89. The molecule has 0 saturated carbocycles. The van der Waals surface area contributed by atoms with E-state index >= 15 is 0 Å². The van der Waals surface area contributed by atoms with Crippen molar-refractivity contribution < 1.29 is 4.79 Å². The number of likely N-dealkylation sites (tertiary alicyclic amines) is 1. The van der Waals surface area contributed by atoms with Crippen LogP contribution in [0.4, 0.5) is 5.69 Å². The van der Waals surface area contributed by atoms with Crippen LogP contribution in [-0.4, -0.2) is 37.0 Å². The van der Waals surface area contributed by atoms with Crippen molar-refractivity contribution in [2.24, 2.45) is 5.92 Å². The molecule has 0 aliphatic carbocycles. The second-order valence-corrected chi connectivity index (χ2v) is 6.13. The second-order valence-electron chi connectivity index (χ2n) is 6.13. The smallest absolute Gasteiger partial charge is 0.251 e. The number of nitrogens with one attached hydrogen (secondary N) is 1. The van der Waals surface area contributed by atoms with Crippen molar-refractivity contribution in [1.82, 2.24) is 10.2 Å². The quantitative estimate of drug-likeness (QED) is 0.624. The molecule has 3 N–H and O–H groups in total. The lowest BCUT2D eigenvalue weighted by atomic mass is 10.0. The van der Waals surface area contributed by atoms with Crippen LogP contribution in [0.5, 0.6) is 0 Å². The Morgan fingerprint density at radius 2 is 2.05 bits per heavy atom. The van der Waals surface area contributed by atoms with E-state index in [0.717, 1.165) is 31.8 Å². The molecule has 1 aliphatic heterocycles. The molecule has 1 amide bonds. The normalized spacial score (nSPS) is 18.5. The van der Waals surface area contributed by atoms with Gasteiger partial charge in [0.2, 0.25) is 0 Å². The zero-order valence-electron chi connectivity index (χ0n) is 13.4. The number of benzene rings is 1. The third-order valence-electron chi connectivity index (χ3n) is 4.10. The van der Waals surface area contributed by atoms with Gasteiger partial charge in [0.15, 0.2) is 0 Å². The van der Waals surface area contributed by atoms with Crippen LogP contribution >= 0.6 is 12.4 Å². The SMILES string of the molecule is CC1CCCN(CCCCNC(=O)c2ccc(N)cc2)C1.Cl. The lowest BCUT2D eigenvalue weighted by Gasteiger charge is -2.30. The predicted molar refractivity (Wildman–Crippen MR) is 94.5 cm³/mol. The number of nitrogens with two attached hydrogens (primary N) is 1. The lowest BCUT2D eigenvalue weighted by Crippen LogP contribution is -2.35. The third-order valence-corrected chi connectivity index (χ3v) is 4.10. The van der Waals surface area contributed by atoms with Gasteiger partial charge in [0.1, 0.15) is 0 Å². The summed E-state index contributed by atoms with van der Waals surface area (Å²) >= 11 is 0. The molecule has 2 rings (SSSR count). The predicted octanol–water partition coefficient (Wildman–Crippen LogP) is 2.93. The Hall–Kier alpha value is -1.26. The fraction of sp³-hybridized carbons (Fsp3) is 0.588. The molecule has 1 aliphatic rings. The number of nitrogens with zero attached hydrogens (tertiary/aromatic N) is 1. The summed E-state index contributed by atoms with van der Waals surface area (Å²) in [5.74, 6) is 0.825. The standard InChI is InChI=1S/C17H27N3O.ClH/c1-14-5-4-12-20(13-14)11-3-2-10-19-17(21)15-6-8-16(18)9-7-15;/h6-9,14H,2-5,10-13,18H2,1H3,(H,19,21);1H. The molecule has 1 heterocycles. The molecular formula is C17H28ClN3O. The maximum absolute atomic E-state index is 11.9. The summed E-state index contributed by atoms with van der Waals surface area (Å²) < 4.78 is 0. The third kappa shape index (κ3) is 6.24. The van der Waals surface area contributed by atoms with E-state index < -0.39 is 0 Å². The van der Waals surface area contributed by atoms with Crippen LogP contribution in [0.25, 0.3) is 0 Å². The van der Waals surface area contributed by atoms with E-state index in [0.29, 0.717) is 11.3 Å². The fourth-order valence-corrected chi connectivity index (χ4v) is 2.89. The van der Waals surface area contributed by atoms with Gasteiger partial charge in [-0.1, -0.05) is 6.92 Å². The number of carbonyl (C=O) groups is 1. The van der Waals surface area contributed by atoms with E-state index in [1.54, 1.807) is 24.3 Å². The molecule has 0 bridgehead atoms. The molecule has 0 aromatic heterocycles. The maximum Gasteiger partial charge on any atom is 0.251 e. The van der Waals surface area contributed by atoms with Gasteiger partial charge < -0.3 is 16.0 Å². The number of rotatable bonds is 6. The Bertz CT molecular complexity index is 450. The summed E-state index contributed by atoms with van der Waals surface area (Å²) in [6.07, 6.45) is 4.88. The Balaban J connectivity index is 0.00000242. The first kappa shape index (κ1) is 18.8. The monoisotopic (exact) mass is 325 g/mol. The molecule has 5 heteroatoms. The van der Waals surface area contributed by atoms with Gasteiger partial charge in [0.05, 0.1) is 0 Å². The van der Waals surface area contributed by atoms with E-state index in [-0.39, 0.29) is 18.3 Å². The minimum atomic E-state index is -0.0124. The molecule has 4 nitrogen and oxygen atoms in total. The zero-order valence-corrected chi connectivity index (χ0v) is 14.2. The van der Waals surface area contributed by atoms with E-state index in [1.807, 2.05) is 0 Å². The average Bonchev–Trinajstić information content (AvgIpc) is 2.47. The molecule has 124 valence electrons. The molecule has 1 atom stereocenters. The van der Waals surface area contributed by atoms with E-state index in [2.05, 4.69) is 17.1 Å². The highest BCUT2D eigenvalue weighted by Crippen LogP contribution is 2.15. The topological polar surface area (TPSA) is 58.4 Å². The lowest BCUT2D eigenvalue weighted by molar-refractivity contribution is 0.0952. The first-order valence-electron chi connectivity index (χ1n) is 8.01. The van der Waals surface area contributed by atoms with Crippen molar-refractivity contribution in [3.63, 3.8) is 0 Å². The minimum absolute atomic E-state index is 0. The van der Waals surface area contributed by atoms with Crippen LogP contribution < -0.4 is 11.1 Å². The number of carbonyl (C=O) groups excluding carboxylic acids is 1. The van der Waals surface area contributed by atoms with Gasteiger partial charge in [-0.3, -0.25) is 4.79 Å². The number of amides is 1. The van der Waals surface area contributed by atoms with E-state index in [1.165, 1.54) is 25.9 Å². The van der Waals surface area contributed by atoms with Crippen LogP contribution in [0.3, 0.4) is 0 Å². The molecule has 1 saturated heterocycles. The van der Waals surface area contributed by atoms with E-state index in [9.17, 15) is 4.79 Å². The summed E-state index contributed by atoms with van der Waals surface area (Å²) in [4.78, 5) is 14.5. The Kier molecular flexibility index (Phi) is 8.28. The van der Waals surface area contributed by atoms with Gasteiger partial charge >= 0.3 is 0 Å². The zero-order chi connectivity index (χ0) is 15.1. The summed E-state index contributed by atoms with van der Waals surface area (Å²) in [5.41, 5.74) is 6.97. The molecule has 1 fully saturated rings. The number of hydrogen-bond acceptors (Lipinski definition) is 3. The van der Waals surface area contributed by atoms with Crippen molar-refractivity contribution in [2.45, 2.75) is 32.6 Å². The average molecular weight is 326 g/mol. The number of piperidine rings is 1. The van der Waals surface area contributed by atoms with Crippen molar-refractivity contribution >= 4 is 24.0 Å². The maximum atomic E-state index is 11.9. The van der Waals surface area contributed by atoms with Crippen LogP contribution in [0, 0.1) is 5.92 Å². The molecular weight excluding hydrogens is 298 g/mol. The van der Waals surface area contributed by atoms with Crippen molar-refractivity contribution in [1.29, 1.82) is 0 Å². The molecule has 1 unspecified atom stereocenters. The highest BCUT2D eigenvalue weighted by atomic mass is 35.5. The largest absolute Gasteiger partial charge is 0.399 e. The van der Waals surface area contributed by atoms with E-state index in [4.69, 9.17) is 5.73 Å². The minimum Gasteiger partial charge on any atom is -0.399 e. The number of anilines is 1. The van der Waals surface area contributed by atoms with Gasteiger partial charge in [-0.2, -0.15) is 0 Å². The van der Waals surface area contributed by atoms with Crippen molar-refractivity contribution in [2.75, 3.05) is 31.9 Å². The Labute approximate surface area is 139 Å². The molecule has 0 radical (unpaired) electrons.